The molecule has 27 heavy (non-hydrogen) atoms. The fourth-order valence-corrected chi connectivity index (χ4v) is 4.73. The zero-order valence-electron chi connectivity index (χ0n) is 14.8. The Morgan fingerprint density at radius 1 is 1.11 bits per heavy atom. The van der Waals surface area contributed by atoms with Crippen LogP contribution in [-0.2, 0) is 10.0 Å². The zero-order chi connectivity index (χ0) is 19.0. The molecule has 1 saturated heterocycles. The molecule has 1 aromatic heterocycles. The van der Waals surface area contributed by atoms with Crippen LogP contribution in [-0.4, -0.2) is 36.7 Å². The van der Waals surface area contributed by atoms with Gasteiger partial charge in [0.1, 0.15) is 5.52 Å². The standard InChI is InChI=1S/C19H19N3O4S/c1-13-20-16-5-4-6-17(18(16)26-13)21-19(23)14-7-9-15(10-8-14)27(24,25)22-11-2-3-12-22/h4-10H,2-3,11-12H2,1H3,(H,21,23). The van der Waals surface area contributed by atoms with Gasteiger partial charge in [-0.25, -0.2) is 13.4 Å². The van der Waals surface area contributed by atoms with Crippen LogP contribution in [0.5, 0.6) is 0 Å². The smallest absolute Gasteiger partial charge is 0.255 e. The van der Waals surface area contributed by atoms with E-state index in [1.54, 1.807) is 25.1 Å². The lowest BCUT2D eigenvalue weighted by atomic mass is 10.2. The number of rotatable bonds is 4. The Bertz CT molecular complexity index is 1100. The average Bonchev–Trinajstić information content (AvgIpc) is 3.31. The summed E-state index contributed by atoms with van der Waals surface area (Å²) < 4.78 is 32.1. The van der Waals surface area contributed by atoms with Crippen LogP contribution in [0.15, 0.2) is 51.8 Å². The minimum absolute atomic E-state index is 0.203. The first kappa shape index (κ1) is 17.7. The third-order valence-electron chi connectivity index (χ3n) is 4.59. The van der Waals surface area contributed by atoms with Gasteiger partial charge < -0.3 is 9.73 Å². The van der Waals surface area contributed by atoms with Crippen molar-refractivity contribution in [3.63, 3.8) is 0 Å². The highest BCUT2D eigenvalue weighted by molar-refractivity contribution is 7.89. The number of hydrogen-bond donors (Lipinski definition) is 1. The molecule has 0 bridgehead atoms. The zero-order valence-corrected chi connectivity index (χ0v) is 15.6. The van der Waals surface area contributed by atoms with Gasteiger partial charge in [-0.15, -0.1) is 0 Å². The van der Waals surface area contributed by atoms with Gasteiger partial charge in [0.15, 0.2) is 11.5 Å². The molecule has 2 heterocycles. The summed E-state index contributed by atoms with van der Waals surface area (Å²) in [4.78, 5) is 17.0. The number of oxazole rings is 1. The van der Waals surface area contributed by atoms with Crippen LogP contribution >= 0.6 is 0 Å². The van der Waals surface area contributed by atoms with E-state index >= 15 is 0 Å². The van der Waals surface area contributed by atoms with Crippen LogP contribution < -0.4 is 5.32 Å². The minimum Gasteiger partial charge on any atom is -0.439 e. The van der Waals surface area contributed by atoms with Crippen molar-refractivity contribution in [2.24, 2.45) is 0 Å². The summed E-state index contributed by atoms with van der Waals surface area (Å²) in [6.07, 6.45) is 1.76. The maximum Gasteiger partial charge on any atom is 0.255 e. The molecule has 8 heteroatoms. The van der Waals surface area contributed by atoms with E-state index in [1.165, 1.54) is 28.6 Å². The van der Waals surface area contributed by atoms with Gasteiger partial charge in [0.2, 0.25) is 10.0 Å². The molecular formula is C19H19N3O4S. The average molecular weight is 385 g/mol. The van der Waals surface area contributed by atoms with Gasteiger partial charge in [0, 0.05) is 25.6 Å². The Balaban J connectivity index is 1.56. The number of nitrogens with zero attached hydrogens (tertiary/aromatic N) is 2. The summed E-state index contributed by atoms with van der Waals surface area (Å²) >= 11 is 0. The van der Waals surface area contributed by atoms with Gasteiger partial charge in [-0.05, 0) is 49.2 Å². The number of anilines is 1. The summed E-state index contributed by atoms with van der Waals surface area (Å²) in [7, 11) is -3.49. The highest BCUT2D eigenvalue weighted by Gasteiger charge is 2.27. The van der Waals surface area contributed by atoms with E-state index in [9.17, 15) is 13.2 Å². The minimum atomic E-state index is -3.49. The van der Waals surface area contributed by atoms with Gasteiger partial charge in [-0.2, -0.15) is 4.31 Å². The van der Waals surface area contributed by atoms with E-state index in [2.05, 4.69) is 10.3 Å². The van der Waals surface area contributed by atoms with Crippen molar-refractivity contribution < 1.29 is 17.6 Å². The lowest BCUT2D eigenvalue weighted by Crippen LogP contribution is -2.27. The maximum absolute atomic E-state index is 12.6. The highest BCUT2D eigenvalue weighted by atomic mass is 32.2. The Hall–Kier alpha value is -2.71. The number of fused-ring (bicyclic) bond motifs is 1. The van der Waals surface area contributed by atoms with E-state index in [4.69, 9.17) is 4.42 Å². The lowest BCUT2D eigenvalue weighted by molar-refractivity contribution is 0.102. The quantitative estimate of drug-likeness (QED) is 0.745. The lowest BCUT2D eigenvalue weighted by Gasteiger charge is -2.15. The highest BCUT2D eigenvalue weighted by Crippen LogP contribution is 2.25. The predicted octanol–water partition coefficient (Wildman–Crippen LogP) is 3.17. The Morgan fingerprint density at radius 2 is 1.81 bits per heavy atom. The molecule has 1 amide bonds. The molecule has 2 aromatic carbocycles. The molecule has 3 aromatic rings. The largest absolute Gasteiger partial charge is 0.439 e. The molecule has 7 nitrogen and oxygen atoms in total. The number of carbonyl (C=O) groups excluding carboxylic acids is 1. The van der Waals surface area contributed by atoms with Gasteiger partial charge >= 0.3 is 0 Å². The second-order valence-corrected chi connectivity index (χ2v) is 8.41. The van der Waals surface area contributed by atoms with Crippen LogP contribution in [0.3, 0.4) is 0 Å². The van der Waals surface area contributed by atoms with Crippen molar-refractivity contribution in [1.82, 2.24) is 9.29 Å². The van der Waals surface area contributed by atoms with E-state index in [1.807, 2.05) is 0 Å². The third kappa shape index (κ3) is 3.33. The van der Waals surface area contributed by atoms with Crippen LogP contribution in [0.4, 0.5) is 5.69 Å². The number of para-hydroxylation sites is 1. The number of benzene rings is 2. The number of aromatic nitrogens is 1. The fraction of sp³-hybridized carbons (Fsp3) is 0.263. The van der Waals surface area contributed by atoms with Gasteiger partial charge in [0.25, 0.3) is 5.91 Å². The summed E-state index contributed by atoms with van der Waals surface area (Å²) in [5.74, 6) is 0.171. The topological polar surface area (TPSA) is 92.5 Å². The van der Waals surface area contributed by atoms with Gasteiger partial charge in [0.05, 0.1) is 10.6 Å². The molecule has 0 saturated carbocycles. The van der Waals surface area contributed by atoms with Gasteiger partial charge in [-0.3, -0.25) is 4.79 Å². The van der Waals surface area contributed by atoms with Crippen molar-refractivity contribution in [2.45, 2.75) is 24.7 Å². The van der Waals surface area contributed by atoms with Crippen LogP contribution in [0.1, 0.15) is 29.1 Å². The molecule has 0 unspecified atom stereocenters. The summed E-state index contributed by atoms with van der Waals surface area (Å²) in [6.45, 7) is 2.83. The number of nitrogens with one attached hydrogen (secondary N) is 1. The number of aryl methyl sites for hydroxylation is 1. The third-order valence-corrected chi connectivity index (χ3v) is 6.50. The van der Waals surface area contributed by atoms with Gasteiger partial charge in [-0.1, -0.05) is 6.07 Å². The van der Waals surface area contributed by atoms with Crippen LogP contribution in [0, 0.1) is 6.92 Å². The van der Waals surface area contributed by atoms with Crippen LogP contribution in [0.2, 0.25) is 0 Å². The van der Waals surface area contributed by atoms with Crippen molar-refractivity contribution >= 4 is 32.7 Å². The molecular weight excluding hydrogens is 366 g/mol. The molecule has 1 N–H and O–H groups in total. The van der Waals surface area contributed by atoms with Crippen LogP contribution in [0.25, 0.3) is 11.1 Å². The molecule has 1 aliphatic rings. The van der Waals surface area contributed by atoms with E-state index < -0.39 is 10.0 Å². The molecule has 4 rings (SSSR count). The molecule has 1 fully saturated rings. The second kappa shape index (κ2) is 6.79. The second-order valence-electron chi connectivity index (χ2n) is 6.48. The molecule has 1 aliphatic heterocycles. The SMILES string of the molecule is Cc1nc2cccc(NC(=O)c3ccc(S(=O)(=O)N4CCCC4)cc3)c2o1. The monoisotopic (exact) mass is 385 g/mol. The number of amides is 1. The first-order chi connectivity index (χ1) is 12.9. The molecule has 0 aliphatic carbocycles. The normalized spacial score (nSPS) is 15.3. The summed E-state index contributed by atoms with van der Waals surface area (Å²) in [6, 6.07) is 11.3. The maximum atomic E-state index is 12.6. The van der Waals surface area contributed by atoms with Crippen molar-refractivity contribution in [3.8, 4) is 0 Å². The molecule has 140 valence electrons. The fourth-order valence-electron chi connectivity index (χ4n) is 3.21. The predicted molar refractivity (Wildman–Crippen MR) is 101 cm³/mol. The van der Waals surface area contributed by atoms with Crippen molar-refractivity contribution in [2.75, 3.05) is 18.4 Å². The van der Waals surface area contributed by atoms with E-state index in [0.29, 0.717) is 41.3 Å². The van der Waals surface area contributed by atoms with E-state index in [0.717, 1.165) is 12.8 Å². The number of carbonyl (C=O) groups is 1. The number of sulfonamides is 1. The Morgan fingerprint density at radius 3 is 2.52 bits per heavy atom. The number of hydrogen-bond acceptors (Lipinski definition) is 5. The molecule has 0 radical (unpaired) electrons. The first-order valence-corrected chi connectivity index (χ1v) is 10.2. The molecule has 0 spiro atoms. The van der Waals surface area contributed by atoms with Crippen molar-refractivity contribution in [3.05, 3.63) is 53.9 Å². The summed E-state index contributed by atoms with van der Waals surface area (Å²) in [5, 5.41) is 2.80. The Labute approximate surface area is 157 Å². The summed E-state index contributed by atoms with van der Waals surface area (Å²) in [5.41, 5.74) is 2.06. The first-order valence-electron chi connectivity index (χ1n) is 8.73. The Kier molecular flexibility index (Phi) is 4.45. The molecule has 0 atom stereocenters. The van der Waals surface area contributed by atoms with E-state index in [-0.39, 0.29) is 10.8 Å². The van der Waals surface area contributed by atoms with Crippen molar-refractivity contribution in [1.29, 1.82) is 0 Å².